The first-order valence-corrected chi connectivity index (χ1v) is 10.8. The van der Waals surface area contributed by atoms with Crippen LogP contribution in [0, 0.1) is 0 Å². The van der Waals surface area contributed by atoms with Gasteiger partial charge in [0.2, 0.25) is 0 Å². The molecule has 1 aromatic heterocycles. The van der Waals surface area contributed by atoms with E-state index in [1.807, 2.05) is 32.0 Å². The molecular weight excluding hydrogens is 373 g/mol. The molecule has 1 aromatic carbocycles. The number of carbonyl (C=O) groups is 2. The van der Waals surface area contributed by atoms with Gasteiger partial charge in [-0.05, 0) is 49.4 Å². The molecule has 0 aliphatic heterocycles. The van der Waals surface area contributed by atoms with Crippen molar-refractivity contribution in [1.82, 2.24) is 5.09 Å². The number of carbonyl (C=O) groups excluding carboxylic acids is 1. The molecule has 2 atom stereocenters. The highest BCUT2D eigenvalue weighted by molar-refractivity contribution is 7.49. The smallest absolute Gasteiger partial charge is 0.345 e. The summed E-state index contributed by atoms with van der Waals surface area (Å²) >= 11 is 1.26. The Morgan fingerprint density at radius 1 is 1.31 bits per heavy atom. The summed E-state index contributed by atoms with van der Waals surface area (Å²) < 4.78 is 11.9. The summed E-state index contributed by atoms with van der Waals surface area (Å²) in [4.78, 5) is 23.4. The van der Waals surface area contributed by atoms with Gasteiger partial charge < -0.3 is 14.4 Å². The topological polar surface area (TPSA) is 84.9 Å². The number of hydrogen-bond donors (Lipinski definition) is 2. The van der Waals surface area contributed by atoms with E-state index in [0.29, 0.717) is 24.3 Å². The van der Waals surface area contributed by atoms with E-state index < -0.39 is 20.3 Å². The number of hydrogen-bond acceptors (Lipinski definition) is 6. The Balaban J connectivity index is 2.07. The molecule has 2 rings (SSSR count). The summed E-state index contributed by atoms with van der Waals surface area (Å²) in [6.45, 7) is 6.60. The number of esters is 1. The molecule has 0 fully saturated rings. The second kappa shape index (κ2) is 9.97. The minimum absolute atomic E-state index is 0.279. The number of ether oxygens (including phenoxy) is 1. The van der Waals surface area contributed by atoms with Crippen LogP contribution >= 0.6 is 19.6 Å². The summed E-state index contributed by atoms with van der Waals surface area (Å²) in [6, 6.07) is 7.13. The average Bonchev–Trinajstić information content (AvgIpc) is 3.03. The first kappa shape index (κ1) is 20.8. The van der Waals surface area contributed by atoms with Crippen molar-refractivity contribution in [2.24, 2.45) is 0 Å². The molecule has 2 aromatic rings. The highest BCUT2D eigenvalue weighted by atomic mass is 32.1. The van der Waals surface area contributed by atoms with Crippen LogP contribution < -0.4 is 5.09 Å². The number of thiophene rings is 1. The molecule has 2 unspecified atom stereocenters. The van der Waals surface area contributed by atoms with Gasteiger partial charge in [0, 0.05) is 17.5 Å². The van der Waals surface area contributed by atoms with E-state index >= 15 is 0 Å². The molecule has 0 aliphatic rings. The lowest BCUT2D eigenvalue weighted by Gasteiger charge is -2.22. The number of carboxylic acids is 1. The van der Waals surface area contributed by atoms with Crippen LogP contribution in [0.2, 0.25) is 0 Å². The lowest BCUT2D eigenvalue weighted by molar-refractivity contribution is -0.145. The molecule has 0 amide bonds. The summed E-state index contributed by atoms with van der Waals surface area (Å²) in [5, 5.41) is 13.3. The minimum atomic E-state index is -1.05. The van der Waals surface area contributed by atoms with E-state index in [9.17, 15) is 9.59 Å². The molecule has 0 bridgehead atoms. The zero-order chi connectivity index (χ0) is 19.1. The first-order chi connectivity index (χ1) is 12.4. The van der Waals surface area contributed by atoms with Gasteiger partial charge in [-0.25, -0.2) is 4.79 Å². The maximum Gasteiger partial charge on any atom is 0.345 e. The SMILES string of the molecule is CCCOC(=O)C(C)NP(Cc1ccc2sc(C(=O)O)cc2c1)OCC. The van der Waals surface area contributed by atoms with Crippen LogP contribution in [0.15, 0.2) is 24.3 Å². The maximum absolute atomic E-state index is 12.0. The van der Waals surface area contributed by atoms with Crippen molar-refractivity contribution < 1.29 is 24.0 Å². The monoisotopic (exact) mass is 397 g/mol. The van der Waals surface area contributed by atoms with Gasteiger partial charge in [-0.2, -0.15) is 0 Å². The second-order valence-corrected chi connectivity index (χ2v) is 8.43. The Bertz CT molecular complexity index is 763. The molecule has 0 radical (unpaired) electrons. The number of benzene rings is 1. The number of fused-ring (bicyclic) bond motifs is 1. The first-order valence-electron chi connectivity index (χ1n) is 8.53. The van der Waals surface area contributed by atoms with Crippen molar-refractivity contribution in [3.05, 3.63) is 34.7 Å². The Morgan fingerprint density at radius 2 is 2.08 bits per heavy atom. The van der Waals surface area contributed by atoms with Crippen molar-refractivity contribution in [3.8, 4) is 0 Å². The van der Waals surface area contributed by atoms with Crippen LogP contribution in [-0.4, -0.2) is 36.3 Å². The van der Waals surface area contributed by atoms with E-state index in [4.69, 9.17) is 14.4 Å². The van der Waals surface area contributed by atoms with Gasteiger partial charge in [0.25, 0.3) is 0 Å². The highest BCUT2D eigenvalue weighted by Crippen LogP contribution is 2.38. The van der Waals surface area contributed by atoms with Gasteiger partial charge in [-0.3, -0.25) is 9.88 Å². The molecule has 0 saturated carbocycles. The third-order valence-corrected chi connectivity index (χ3v) is 6.54. The molecule has 2 N–H and O–H groups in total. The van der Waals surface area contributed by atoms with E-state index in [-0.39, 0.29) is 5.97 Å². The molecule has 142 valence electrons. The maximum atomic E-state index is 12.0. The fourth-order valence-electron chi connectivity index (χ4n) is 2.34. The molecular formula is C18H24NO5PS. The second-order valence-electron chi connectivity index (χ2n) is 5.76. The molecule has 0 spiro atoms. The average molecular weight is 397 g/mol. The van der Waals surface area contributed by atoms with E-state index in [0.717, 1.165) is 22.1 Å². The number of rotatable bonds is 10. The molecule has 0 aliphatic carbocycles. The summed E-state index contributed by atoms with van der Waals surface area (Å²) in [6.07, 6.45) is 1.42. The largest absolute Gasteiger partial charge is 0.477 e. The van der Waals surface area contributed by atoms with E-state index in [2.05, 4.69) is 5.09 Å². The predicted molar refractivity (Wildman–Crippen MR) is 105 cm³/mol. The molecule has 1 heterocycles. The van der Waals surface area contributed by atoms with Crippen molar-refractivity contribution in [2.45, 2.75) is 39.4 Å². The van der Waals surface area contributed by atoms with Crippen LogP contribution in [0.1, 0.15) is 42.4 Å². The molecule has 8 heteroatoms. The van der Waals surface area contributed by atoms with Crippen molar-refractivity contribution in [1.29, 1.82) is 0 Å². The zero-order valence-corrected chi connectivity index (χ0v) is 16.9. The van der Waals surface area contributed by atoms with Gasteiger partial charge in [-0.1, -0.05) is 13.0 Å². The van der Waals surface area contributed by atoms with E-state index in [1.54, 1.807) is 13.0 Å². The summed E-state index contributed by atoms with van der Waals surface area (Å²) in [5.41, 5.74) is 1.04. The lowest BCUT2D eigenvalue weighted by Crippen LogP contribution is -2.33. The fourth-order valence-corrected chi connectivity index (χ4v) is 4.86. The van der Waals surface area contributed by atoms with Crippen LogP contribution in [0.4, 0.5) is 0 Å². The quantitative estimate of drug-likeness (QED) is 0.457. The Morgan fingerprint density at radius 3 is 2.73 bits per heavy atom. The molecule has 0 saturated heterocycles. The van der Waals surface area contributed by atoms with Crippen LogP contribution in [0.3, 0.4) is 0 Å². The van der Waals surface area contributed by atoms with Gasteiger partial charge in [-0.15, -0.1) is 11.3 Å². The summed E-state index contributed by atoms with van der Waals surface area (Å²) in [5.74, 6) is -1.19. The van der Waals surface area contributed by atoms with Crippen molar-refractivity contribution >= 4 is 41.7 Å². The van der Waals surface area contributed by atoms with Gasteiger partial charge in [0.15, 0.2) is 0 Å². The highest BCUT2D eigenvalue weighted by Gasteiger charge is 2.20. The van der Waals surface area contributed by atoms with E-state index in [1.165, 1.54) is 11.3 Å². The minimum Gasteiger partial charge on any atom is -0.477 e. The zero-order valence-electron chi connectivity index (χ0n) is 15.2. The normalized spacial score (nSPS) is 13.5. The molecule has 26 heavy (non-hydrogen) atoms. The number of carboxylic acid groups (broad SMARTS) is 1. The third kappa shape index (κ3) is 5.74. The van der Waals surface area contributed by atoms with Crippen LogP contribution in [0.25, 0.3) is 10.1 Å². The number of aromatic carboxylic acids is 1. The Labute approximate surface area is 158 Å². The molecule has 6 nitrogen and oxygen atoms in total. The van der Waals surface area contributed by atoms with Crippen molar-refractivity contribution in [2.75, 3.05) is 13.2 Å². The lowest BCUT2D eigenvalue weighted by atomic mass is 10.2. The van der Waals surface area contributed by atoms with Gasteiger partial charge >= 0.3 is 11.9 Å². The van der Waals surface area contributed by atoms with Crippen LogP contribution in [-0.2, 0) is 20.2 Å². The number of nitrogens with one attached hydrogen (secondary N) is 1. The van der Waals surface area contributed by atoms with Gasteiger partial charge in [0.1, 0.15) is 19.2 Å². The predicted octanol–water partition coefficient (Wildman–Crippen LogP) is 4.38. The van der Waals surface area contributed by atoms with Crippen molar-refractivity contribution in [3.63, 3.8) is 0 Å². The fraction of sp³-hybridized carbons (Fsp3) is 0.444. The Kier molecular flexibility index (Phi) is 7.97. The Hall–Kier alpha value is -1.53. The summed E-state index contributed by atoms with van der Waals surface area (Å²) in [7, 11) is -1.05. The van der Waals surface area contributed by atoms with Gasteiger partial charge in [0.05, 0.1) is 6.61 Å². The van der Waals surface area contributed by atoms with Crippen LogP contribution in [0.5, 0.6) is 0 Å². The third-order valence-electron chi connectivity index (χ3n) is 3.54. The standard InChI is InChI=1S/C18H24NO5PS/c1-4-8-23-18(22)12(3)19-25(24-5-2)11-13-6-7-15-14(9-13)10-16(26-15)17(20)21/h6-7,9-10,12,19H,4-5,8,11H2,1-3H3,(H,20,21).